The predicted molar refractivity (Wildman–Crippen MR) is 96.9 cm³/mol. The molecule has 4 heteroatoms. The summed E-state index contributed by atoms with van der Waals surface area (Å²) < 4.78 is 12.2. The van der Waals surface area contributed by atoms with Crippen molar-refractivity contribution in [3.05, 3.63) is 35.9 Å². The molecule has 1 aromatic rings. The van der Waals surface area contributed by atoms with Gasteiger partial charge >= 0.3 is 0 Å². The fourth-order valence-electron chi connectivity index (χ4n) is 2.81. The molecular formula is C19H32O3Si. The molecule has 0 spiro atoms. The normalized spacial score (nSPS) is 29.0. The van der Waals surface area contributed by atoms with E-state index in [9.17, 15) is 5.11 Å². The van der Waals surface area contributed by atoms with Gasteiger partial charge in [-0.2, -0.15) is 0 Å². The second kappa shape index (κ2) is 6.67. The van der Waals surface area contributed by atoms with E-state index in [1.807, 2.05) is 18.2 Å². The fraction of sp³-hybridized carbons (Fsp3) is 0.684. The van der Waals surface area contributed by atoms with Crippen LogP contribution in [-0.2, 0) is 15.6 Å². The van der Waals surface area contributed by atoms with Crippen molar-refractivity contribution < 1.29 is 14.3 Å². The molecule has 1 unspecified atom stereocenters. The van der Waals surface area contributed by atoms with Crippen LogP contribution in [0.3, 0.4) is 0 Å². The molecule has 1 N–H and O–H groups in total. The molecule has 2 rings (SSSR count). The summed E-state index contributed by atoms with van der Waals surface area (Å²) in [6.45, 7) is 13.6. The number of rotatable bonds is 5. The van der Waals surface area contributed by atoms with E-state index in [4.69, 9.17) is 9.16 Å². The maximum atomic E-state index is 10.6. The highest BCUT2D eigenvalue weighted by atomic mass is 28.4. The zero-order valence-corrected chi connectivity index (χ0v) is 16.4. The minimum absolute atomic E-state index is 0.0205. The Kier molecular flexibility index (Phi) is 5.41. The van der Waals surface area contributed by atoms with Crippen LogP contribution in [0.1, 0.15) is 39.7 Å². The fourth-order valence-corrected chi connectivity index (χ4v) is 3.84. The van der Waals surface area contributed by atoms with Crippen LogP contribution >= 0.6 is 0 Å². The van der Waals surface area contributed by atoms with Gasteiger partial charge in [-0.05, 0) is 43.5 Å². The lowest BCUT2D eigenvalue weighted by Crippen LogP contribution is -2.42. The highest BCUT2D eigenvalue weighted by molar-refractivity contribution is 6.74. The van der Waals surface area contributed by atoms with Crippen LogP contribution in [0, 0.1) is 5.92 Å². The first kappa shape index (κ1) is 18.7. The highest BCUT2D eigenvalue weighted by Gasteiger charge is 2.45. The minimum Gasteiger partial charge on any atom is -0.414 e. The molecule has 0 amide bonds. The molecule has 0 aliphatic carbocycles. The van der Waals surface area contributed by atoms with Crippen LogP contribution in [0.2, 0.25) is 18.1 Å². The van der Waals surface area contributed by atoms with Gasteiger partial charge in [-0.3, -0.25) is 0 Å². The highest BCUT2D eigenvalue weighted by Crippen LogP contribution is 2.39. The Balaban J connectivity index is 1.94. The SMILES string of the molecule is CC1(O)O[C@@H](CO[Si](C)(C)C(C)(C)C)C[C@H]1Cc1ccccc1. The molecule has 1 heterocycles. The molecule has 0 aromatic heterocycles. The number of ether oxygens (including phenoxy) is 1. The van der Waals surface area contributed by atoms with Gasteiger partial charge in [0.15, 0.2) is 14.1 Å². The van der Waals surface area contributed by atoms with Crippen molar-refractivity contribution in [1.29, 1.82) is 0 Å². The largest absolute Gasteiger partial charge is 0.414 e. The van der Waals surface area contributed by atoms with Crippen molar-refractivity contribution in [1.82, 2.24) is 0 Å². The zero-order chi connectivity index (χ0) is 17.3. The van der Waals surface area contributed by atoms with Gasteiger partial charge in [-0.25, -0.2) is 0 Å². The molecule has 1 aromatic carbocycles. The molecule has 130 valence electrons. The Hall–Kier alpha value is -0.683. The monoisotopic (exact) mass is 336 g/mol. The smallest absolute Gasteiger partial charge is 0.192 e. The Bertz CT molecular complexity index is 505. The molecule has 0 bridgehead atoms. The van der Waals surface area contributed by atoms with E-state index in [1.54, 1.807) is 6.92 Å². The van der Waals surface area contributed by atoms with E-state index in [1.165, 1.54) is 5.56 Å². The van der Waals surface area contributed by atoms with Crippen molar-refractivity contribution in [2.24, 2.45) is 5.92 Å². The van der Waals surface area contributed by atoms with E-state index < -0.39 is 14.1 Å². The third-order valence-electron chi connectivity index (χ3n) is 5.47. The Morgan fingerprint density at radius 2 is 1.87 bits per heavy atom. The van der Waals surface area contributed by atoms with Crippen LogP contribution < -0.4 is 0 Å². The van der Waals surface area contributed by atoms with Crippen LogP contribution in [0.25, 0.3) is 0 Å². The molecule has 1 fully saturated rings. The predicted octanol–water partition coefficient (Wildman–Crippen LogP) is 4.36. The molecule has 1 aliphatic rings. The van der Waals surface area contributed by atoms with Crippen LogP contribution in [-0.4, -0.2) is 31.9 Å². The van der Waals surface area contributed by atoms with E-state index in [0.29, 0.717) is 6.61 Å². The van der Waals surface area contributed by atoms with E-state index in [-0.39, 0.29) is 17.1 Å². The number of benzene rings is 1. The Morgan fingerprint density at radius 3 is 2.43 bits per heavy atom. The first-order valence-electron chi connectivity index (χ1n) is 8.59. The summed E-state index contributed by atoms with van der Waals surface area (Å²) in [6, 6.07) is 10.3. The van der Waals surface area contributed by atoms with E-state index in [2.05, 4.69) is 46.0 Å². The molecule has 0 radical (unpaired) electrons. The van der Waals surface area contributed by atoms with Crippen molar-refractivity contribution in [2.75, 3.05) is 6.61 Å². The number of hydrogen-bond acceptors (Lipinski definition) is 3. The van der Waals surface area contributed by atoms with Gasteiger partial charge in [0.1, 0.15) is 0 Å². The van der Waals surface area contributed by atoms with E-state index >= 15 is 0 Å². The minimum atomic E-state index is -1.78. The lowest BCUT2D eigenvalue weighted by atomic mass is 9.90. The molecule has 3 atom stereocenters. The summed E-state index contributed by atoms with van der Waals surface area (Å²) in [5, 5.41) is 10.8. The average molecular weight is 337 g/mol. The van der Waals surface area contributed by atoms with E-state index in [0.717, 1.165) is 12.8 Å². The quantitative estimate of drug-likeness (QED) is 0.812. The first-order valence-corrected chi connectivity index (χ1v) is 11.5. The molecule has 0 saturated carbocycles. The van der Waals surface area contributed by atoms with Crippen molar-refractivity contribution in [2.45, 2.75) is 70.6 Å². The maximum absolute atomic E-state index is 10.6. The molecule has 1 aliphatic heterocycles. The first-order chi connectivity index (χ1) is 10.5. The van der Waals surface area contributed by atoms with Crippen molar-refractivity contribution >= 4 is 8.32 Å². The second-order valence-corrected chi connectivity index (χ2v) is 13.3. The third kappa shape index (κ3) is 4.66. The van der Waals surface area contributed by atoms with Crippen LogP contribution in [0.4, 0.5) is 0 Å². The third-order valence-corrected chi connectivity index (χ3v) is 9.97. The lowest BCUT2D eigenvalue weighted by Gasteiger charge is -2.36. The molecule has 1 saturated heterocycles. The standard InChI is InChI=1S/C19H32O3Si/c1-18(2,3)23(5,6)21-14-17-13-16(19(4,20)22-17)12-15-10-8-7-9-11-15/h7-11,16-17,20H,12-14H2,1-6H3/t16-,17-,19?/m1/s1. The van der Waals surface area contributed by atoms with Crippen molar-refractivity contribution in [3.8, 4) is 0 Å². The van der Waals surface area contributed by atoms with Gasteiger partial charge in [0.2, 0.25) is 0 Å². The summed E-state index contributed by atoms with van der Waals surface area (Å²) in [7, 11) is -1.78. The summed E-state index contributed by atoms with van der Waals surface area (Å²) in [4.78, 5) is 0. The average Bonchev–Trinajstić information content (AvgIpc) is 2.71. The summed E-state index contributed by atoms with van der Waals surface area (Å²) >= 11 is 0. The summed E-state index contributed by atoms with van der Waals surface area (Å²) in [5.41, 5.74) is 1.24. The maximum Gasteiger partial charge on any atom is 0.192 e. The summed E-state index contributed by atoms with van der Waals surface area (Å²) in [6.07, 6.45) is 1.66. The summed E-state index contributed by atoms with van der Waals surface area (Å²) in [5.74, 6) is -0.963. The van der Waals surface area contributed by atoms with Crippen molar-refractivity contribution in [3.63, 3.8) is 0 Å². The lowest BCUT2D eigenvalue weighted by molar-refractivity contribution is -0.201. The van der Waals surface area contributed by atoms with Crippen LogP contribution in [0.15, 0.2) is 30.3 Å². The van der Waals surface area contributed by atoms with Gasteiger partial charge in [0, 0.05) is 5.92 Å². The Labute approximate surface area is 142 Å². The molecular weight excluding hydrogens is 304 g/mol. The van der Waals surface area contributed by atoms with Gasteiger partial charge < -0.3 is 14.3 Å². The topological polar surface area (TPSA) is 38.7 Å². The zero-order valence-electron chi connectivity index (χ0n) is 15.4. The number of hydrogen-bond donors (Lipinski definition) is 1. The number of aliphatic hydroxyl groups is 1. The van der Waals surface area contributed by atoms with Gasteiger partial charge in [-0.1, -0.05) is 51.1 Å². The second-order valence-electron chi connectivity index (χ2n) is 8.49. The molecule has 23 heavy (non-hydrogen) atoms. The van der Waals surface area contributed by atoms with Crippen LogP contribution in [0.5, 0.6) is 0 Å². The molecule has 3 nitrogen and oxygen atoms in total. The van der Waals surface area contributed by atoms with Gasteiger partial charge in [0.05, 0.1) is 12.7 Å². The van der Waals surface area contributed by atoms with Gasteiger partial charge in [0.25, 0.3) is 0 Å². The van der Waals surface area contributed by atoms with Gasteiger partial charge in [-0.15, -0.1) is 0 Å². The Morgan fingerprint density at radius 1 is 1.26 bits per heavy atom.